The van der Waals surface area contributed by atoms with E-state index in [1.807, 2.05) is 36.4 Å². The van der Waals surface area contributed by atoms with E-state index in [4.69, 9.17) is 9.47 Å². The van der Waals surface area contributed by atoms with Crippen molar-refractivity contribution < 1.29 is 23.9 Å². The normalized spacial score (nSPS) is 23.1. The number of nitrogens with zero attached hydrogens (tertiary/aromatic N) is 1. The van der Waals surface area contributed by atoms with Crippen LogP contribution in [-0.4, -0.2) is 50.1 Å². The van der Waals surface area contributed by atoms with Crippen LogP contribution in [0.25, 0.3) is 0 Å². The number of piperidine rings is 1. The number of amides is 2. The van der Waals surface area contributed by atoms with Crippen molar-refractivity contribution in [2.75, 3.05) is 27.4 Å². The predicted octanol–water partition coefficient (Wildman–Crippen LogP) is 3.20. The van der Waals surface area contributed by atoms with E-state index in [0.717, 1.165) is 30.5 Å². The molecule has 1 aromatic carbocycles. The van der Waals surface area contributed by atoms with Crippen molar-refractivity contribution in [1.29, 1.82) is 0 Å². The molecule has 174 valence electrons. The second-order valence-corrected chi connectivity index (χ2v) is 8.62. The molecule has 0 aromatic heterocycles. The molecule has 0 saturated carbocycles. The number of hydrogen-bond donors (Lipinski definition) is 1. The standard InChI is InChI=1S/C25H34N2O5/c1-31-15-9-14-26-22(28)16-20-17-25(24(30)32-2)13-8-4-7-12-21(25)27(23(20)29)18-19-10-5-3-6-11-19/h3,5-6,10-12,20H,4,7-9,13-18H2,1-2H3,(H,26,28)/t20-,25+/m1/s1. The van der Waals surface area contributed by atoms with Gasteiger partial charge in [-0.1, -0.05) is 42.8 Å². The van der Waals surface area contributed by atoms with E-state index in [0.29, 0.717) is 39.0 Å². The van der Waals surface area contributed by atoms with E-state index in [-0.39, 0.29) is 24.2 Å². The first-order valence-corrected chi connectivity index (χ1v) is 11.4. The van der Waals surface area contributed by atoms with E-state index in [1.54, 1.807) is 12.0 Å². The average Bonchev–Trinajstić information content (AvgIpc) is 3.03. The number of benzene rings is 1. The maximum Gasteiger partial charge on any atom is 0.317 e. The second kappa shape index (κ2) is 11.3. The van der Waals surface area contributed by atoms with Crippen LogP contribution in [0.5, 0.6) is 0 Å². The second-order valence-electron chi connectivity index (χ2n) is 8.62. The highest BCUT2D eigenvalue weighted by Gasteiger charge is 2.53. The van der Waals surface area contributed by atoms with Crippen LogP contribution in [0.2, 0.25) is 0 Å². The summed E-state index contributed by atoms with van der Waals surface area (Å²) in [4.78, 5) is 41.1. The molecule has 1 saturated heterocycles. The topological polar surface area (TPSA) is 84.9 Å². The lowest BCUT2D eigenvalue weighted by Crippen LogP contribution is -2.53. The van der Waals surface area contributed by atoms with Crippen LogP contribution in [0.4, 0.5) is 0 Å². The Hall–Kier alpha value is -2.67. The molecule has 1 aliphatic heterocycles. The fourth-order valence-corrected chi connectivity index (χ4v) is 4.87. The van der Waals surface area contributed by atoms with Gasteiger partial charge < -0.3 is 19.7 Å². The molecule has 1 aromatic rings. The third kappa shape index (κ3) is 5.38. The van der Waals surface area contributed by atoms with Crippen molar-refractivity contribution in [2.45, 2.75) is 51.5 Å². The summed E-state index contributed by atoms with van der Waals surface area (Å²) in [7, 11) is 3.02. The molecule has 1 heterocycles. The SMILES string of the molecule is COCCCNC(=O)C[C@@H]1C[C@@]2(C(=O)OC)CCCCC=C2N(Cc2ccccc2)C1=O. The summed E-state index contributed by atoms with van der Waals surface area (Å²) in [6.45, 7) is 1.43. The quantitative estimate of drug-likeness (QED) is 0.469. The number of methoxy groups -OCH3 is 2. The Morgan fingerprint density at radius 2 is 1.97 bits per heavy atom. The first-order chi connectivity index (χ1) is 15.5. The van der Waals surface area contributed by atoms with Gasteiger partial charge in [0.15, 0.2) is 0 Å². The minimum atomic E-state index is -0.894. The molecule has 0 bridgehead atoms. The van der Waals surface area contributed by atoms with Crippen molar-refractivity contribution in [3.63, 3.8) is 0 Å². The fraction of sp³-hybridized carbons (Fsp3) is 0.560. The van der Waals surface area contributed by atoms with Crippen LogP contribution >= 0.6 is 0 Å². The van der Waals surface area contributed by atoms with Gasteiger partial charge in [-0.05, 0) is 37.7 Å². The molecule has 32 heavy (non-hydrogen) atoms. The molecule has 3 rings (SSSR count). The minimum absolute atomic E-state index is 0.0587. The zero-order chi connectivity index (χ0) is 23.0. The largest absolute Gasteiger partial charge is 0.468 e. The van der Waals surface area contributed by atoms with Gasteiger partial charge in [0, 0.05) is 38.3 Å². The third-order valence-corrected chi connectivity index (χ3v) is 6.43. The van der Waals surface area contributed by atoms with Crippen molar-refractivity contribution in [3.8, 4) is 0 Å². The molecule has 1 fully saturated rings. The Kier molecular flexibility index (Phi) is 8.45. The van der Waals surface area contributed by atoms with Gasteiger partial charge in [-0.3, -0.25) is 14.4 Å². The van der Waals surface area contributed by atoms with Crippen molar-refractivity contribution >= 4 is 17.8 Å². The monoisotopic (exact) mass is 442 g/mol. The number of esters is 1. The van der Waals surface area contributed by atoms with Gasteiger partial charge >= 0.3 is 5.97 Å². The molecule has 2 atom stereocenters. The lowest BCUT2D eigenvalue weighted by molar-refractivity contribution is -0.160. The minimum Gasteiger partial charge on any atom is -0.468 e. The lowest BCUT2D eigenvalue weighted by atomic mass is 9.69. The highest BCUT2D eigenvalue weighted by Crippen LogP contribution is 2.49. The van der Waals surface area contributed by atoms with E-state index in [2.05, 4.69) is 5.32 Å². The number of carbonyl (C=O) groups excluding carboxylic acids is 3. The average molecular weight is 443 g/mol. The van der Waals surface area contributed by atoms with Crippen LogP contribution in [0.15, 0.2) is 42.1 Å². The summed E-state index contributed by atoms with van der Waals surface area (Å²) >= 11 is 0. The Morgan fingerprint density at radius 3 is 2.69 bits per heavy atom. The summed E-state index contributed by atoms with van der Waals surface area (Å²) < 4.78 is 10.3. The molecule has 0 unspecified atom stereocenters. The number of nitrogens with one attached hydrogen (secondary N) is 1. The summed E-state index contributed by atoms with van der Waals surface area (Å²) in [5, 5.41) is 2.87. The zero-order valence-electron chi connectivity index (χ0n) is 19.1. The molecule has 1 N–H and O–H groups in total. The van der Waals surface area contributed by atoms with E-state index in [9.17, 15) is 14.4 Å². The highest BCUT2D eigenvalue weighted by atomic mass is 16.5. The number of likely N-dealkylation sites (tertiary alicyclic amines) is 1. The molecule has 0 radical (unpaired) electrons. The van der Waals surface area contributed by atoms with Crippen LogP contribution in [-0.2, 0) is 30.4 Å². The Balaban J connectivity index is 1.89. The highest BCUT2D eigenvalue weighted by molar-refractivity contribution is 5.92. The molecule has 1 aliphatic carbocycles. The van der Waals surface area contributed by atoms with Crippen molar-refractivity contribution in [2.24, 2.45) is 11.3 Å². The summed E-state index contributed by atoms with van der Waals surface area (Å²) in [6, 6.07) is 9.74. The number of ether oxygens (including phenoxy) is 2. The van der Waals surface area contributed by atoms with Crippen molar-refractivity contribution in [3.05, 3.63) is 47.7 Å². The Labute approximate surface area is 190 Å². The third-order valence-electron chi connectivity index (χ3n) is 6.43. The number of hydrogen-bond acceptors (Lipinski definition) is 5. The first-order valence-electron chi connectivity index (χ1n) is 11.4. The first kappa shape index (κ1) is 24.0. The summed E-state index contributed by atoms with van der Waals surface area (Å²) in [5.74, 6) is -1.18. The maximum absolute atomic E-state index is 13.6. The van der Waals surface area contributed by atoms with E-state index < -0.39 is 11.3 Å². The van der Waals surface area contributed by atoms with Crippen LogP contribution < -0.4 is 5.32 Å². The lowest BCUT2D eigenvalue weighted by Gasteiger charge is -2.46. The van der Waals surface area contributed by atoms with Crippen LogP contribution in [0.1, 0.15) is 50.5 Å². The van der Waals surface area contributed by atoms with Gasteiger partial charge in [0.1, 0.15) is 5.41 Å². The molecular weight excluding hydrogens is 408 g/mol. The van der Waals surface area contributed by atoms with E-state index >= 15 is 0 Å². The molecule has 0 spiro atoms. The van der Waals surface area contributed by atoms with Gasteiger partial charge in [0.25, 0.3) is 0 Å². The summed E-state index contributed by atoms with van der Waals surface area (Å²) in [5.41, 5.74) is 0.830. The Bertz CT molecular complexity index is 838. The Morgan fingerprint density at radius 1 is 1.19 bits per heavy atom. The smallest absolute Gasteiger partial charge is 0.317 e. The number of allylic oxidation sites excluding steroid dienone is 1. The molecule has 7 heteroatoms. The van der Waals surface area contributed by atoms with Gasteiger partial charge in [0.05, 0.1) is 13.7 Å². The van der Waals surface area contributed by atoms with Crippen LogP contribution in [0.3, 0.4) is 0 Å². The van der Waals surface area contributed by atoms with Gasteiger partial charge in [-0.2, -0.15) is 0 Å². The number of rotatable bonds is 9. The molecule has 7 nitrogen and oxygen atoms in total. The molecular formula is C25H34N2O5. The maximum atomic E-state index is 13.6. The van der Waals surface area contributed by atoms with E-state index in [1.165, 1.54) is 7.11 Å². The molecule has 2 amide bonds. The van der Waals surface area contributed by atoms with Gasteiger partial charge in [-0.25, -0.2) is 0 Å². The van der Waals surface area contributed by atoms with Crippen molar-refractivity contribution in [1.82, 2.24) is 10.2 Å². The number of fused-ring (bicyclic) bond motifs is 1. The number of carbonyl (C=O) groups is 3. The van der Waals surface area contributed by atoms with Crippen LogP contribution in [0, 0.1) is 11.3 Å². The van der Waals surface area contributed by atoms with Gasteiger partial charge in [0.2, 0.25) is 11.8 Å². The fourth-order valence-electron chi connectivity index (χ4n) is 4.87. The summed E-state index contributed by atoms with van der Waals surface area (Å²) in [6.07, 6.45) is 6.38. The van der Waals surface area contributed by atoms with Gasteiger partial charge in [-0.15, -0.1) is 0 Å². The molecule has 2 aliphatic rings. The predicted molar refractivity (Wildman–Crippen MR) is 120 cm³/mol. The zero-order valence-corrected chi connectivity index (χ0v) is 19.1.